The van der Waals surface area contributed by atoms with Gasteiger partial charge in [0.1, 0.15) is 12.3 Å². The highest BCUT2D eigenvalue weighted by Gasteiger charge is 2.39. The topological polar surface area (TPSA) is 192 Å². The maximum Gasteiger partial charge on any atom is 0.490 e. The molecule has 6 N–H and O–H groups in total. The molecule has 0 spiro atoms. The lowest BCUT2D eigenvalue weighted by atomic mass is 10.0. The molecule has 0 aromatic heterocycles. The molecule has 19 heteroatoms. The lowest BCUT2D eigenvalue weighted by molar-refractivity contribution is -0.192. The number of hydrogen-bond acceptors (Lipinski definition) is 7. The molecular weight excluding hydrogens is 640 g/mol. The zero-order valence-corrected chi connectivity index (χ0v) is 24.2. The molecule has 45 heavy (non-hydrogen) atoms. The molecule has 2 rings (SSSR count). The van der Waals surface area contributed by atoms with Gasteiger partial charge in [-0.3, -0.25) is 15.0 Å². The number of nitrogens with two attached hydrogens (primary N) is 1. The van der Waals surface area contributed by atoms with E-state index in [-0.39, 0.29) is 32.0 Å². The Hall–Kier alpha value is -4.23. The molecular formula is C26H33F6N5O7S. The predicted octanol–water partition coefficient (Wildman–Crippen LogP) is 3.73. The van der Waals surface area contributed by atoms with E-state index in [9.17, 15) is 44.3 Å². The lowest BCUT2D eigenvalue weighted by Gasteiger charge is -2.22. The fourth-order valence-corrected chi connectivity index (χ4v) is 4.57. The molecule has 2 amide bonds. The van der Waals surface area contributed by atoms with Crippen LogP contribution in [0.5, 0.6) is 0 Å². The zero-order valence-electron chi connectivity index (χ0n) is 23.3. The van der Waals surface area contributed by atoms with E-state index in [1.807, 2.05) is 0 Å². The number of amides is 2. The summed E-state index contributed by atoms with van der Waals surface area (Å²) in [4.78, 5) is 32.5. The molecule has 0 aliphatic carbocycles. The van der Waals surface area contributed by atoms with E-state index in [0.717, 1.165) is 17.4 Å². The minimum Gasteiger partial charge on any atom is -0.475 e. The maximum atomic E-state index is 13.8. The van der Waals surface area contributed by atoms with Crippen LogP contribution in [0.2, 0.25) is 0 Å². The standard InChI is InChI=1S/C23H28F3N5O5S.C2HF3O2.CH4/c1-14(29-20(32)13-21(33)30-17-7-4-15(5-8-17)22(27)28)16-6-9-19(18(12-16)23(24,25)26)37(34,35)31(2)10-11-36-3;3-2(4,5)1(6)7;/h4-9,12,14H,10-11,13H2,1-3H3,(H3,27,28)(H,29,32)(H,30,33);(H,6,7);1H4/t14-;;/m0../s1. The predicted molar refractivity (Wildman–Crippen MR) is 151 cm³/mol. The number of carboxylic acids is 1. The Labute approximate surface area is 255 Å². The van der Waals surface area contributed by atoms with Crippen molar-refractivity contribution in [1.82, 2.24) is 9.62 Å². The summed E-state index contributed by atoms with van der Waals surface area (Å²) in [5.74, 6) is -4.33. The number of rotatable bonds is 11. The number of aliphatic carboxylic acids is 1. The zero-order chi connectivity index (χ0) is 34.0. The monoisotopic (exact) mass is 673 g/mol. The molecule has 0 fully saturated rings. The first-order valence-electron chi connectivity index (χ1n) is 12.1. The van der Waals surface area contributed by atoms with Crippen molar-refractivity contribution in [2.24, 2.45) is 5.73 Å². The molecule has 0 unspecified atom stereocenters. The highest BCUT2D eigenvalue weighted by molar-refractivity contribution is 7.89. The third kappa shape index (κ3) is 12.7. The summed E-state index contributed by atoms with van der Waals surface area (Å²) < 4.78 is 104. The summed E-state index contributed by atoms with van der Waals surface area (Å²) in [5, 5.41) is 19.4. The Bertz CT molecular complexity index is 1450. The van der Waals surface area contributed by atoms with Gasteiger partial charge in [-0.1, -0.05) is 13.5 Å². The average Bonchev–Trinajstić information content (AvgIpc) is 2.90. The number of benzene rings is 2. The molecule has 0 heterocycles. The van der Waals surface area contributed by atoms with Gasteiger partial charge in [0.25, 0.3) is 0 Å². The van der Waals surface area contributed by atoms with Gasteiger partial charge in [0.15, 0.2) is 0 Å². The van der Waals surface area contributed by atoms with Crippen LogP contribution in [-0.2, 0) is 35.3 Å². The van der Waals surface area contributed by atoms with Crippen LogP contribution in [-0.4, -0.2) is 74.9 Å². The highest BCUT2D eigenvalue weighted by atomic mass is 32.2. The van der Waals surface area contributed by atoms with E-state index in [1.54, 1.807) is 0 Å². The second-order valence-electron chi connectivity index (χ2n) is 8.88. The van der Waals surface area contributed by atoms with Gasteiger partial charge in [0.2, 0.25) is 21.8 Å². The number of ether oxygens (including phenoxy) is 1. The van der Waals surface area contributed by atoms with Crippen LogP contribution >= 0.6 is 0 Å². The number of amidine groups is 1. The average molecular weight is 674 g/mol. The van der Waals surface area contributed by atoms with Crippen molar-refractivity contribution in [3.8, 4) is 0 Å². The fraction of sp³-hybridized carbons (Fsp3) is 0.385. The van der Waals surface area contributed by atoms with Crippen LogP contribution in [0.4, 0.5) is 32.0 Å². The van der Waals surface area contributed by atoms with E-state index >= 15 is 0 Å². The van der Waals surface area contributed by atoms with Gasteiger partial charge in [0, 0.05) is 32.0 Å². The number of nitrogens with one attached hydrogen (secondary N) is 3. The molecule has 0 saturated carbocycles. The molecule has 2 aromatic carbocycles. The van der Waals surface area contributed by atoms with Crippen molar-refractivity contribution in [1.29, 1.82) is 5.41 Å². The molecule has 0 aliphatic rings. The number of likely N-dealkylation sites (N-methyl/N-ethyl adjacent to an activating group) is 1. The van der Waals surface area contributed by atoms with E-state index in [0.29, 0.717) is 17.3 Å². The number of halogens is 6. The molecule has 2 aromatic rings. The summed E-state index contributed by atoms with van der Waals surface area (Å²) in [6, 6.07) is 7.74. The van der Waals surface area contributed by atoms with Crippen LogP contribution in [0.25, 0.3) is 0 Å². The molecule has 1 atom stereocenters. The second kappa shape index (κ2) is 16.7. The number of nitrogen functional groups attached to an aromatic ring is 1. The van der Waals surface area contributed by atoms with E-state index in [2.05, 4.69) is 10.6 Å². The molecule has 0 aliphatic heterocycles. The van der Waals surface area contributed by atoms with E-state index in [4.69, 9.17) is 25.8 Å². The summed E-state index contributed by atoms with van der Waals surface area (Å²) in [5.41, 5.74) is 4.80. The highest BCUT2D eigenvalue weighted by Crippen LogP contribution is 2.36. The minimum absolute atomic E-state index is 0. The number of carbonyl (C=O) groups excluding carboxylic acids is 2. The third-order valence-electron chi connectivity index (χ3n) is 5.53. The summed E-state index contributed by atoms with van der Waals surface area (Å²) in [6.07, 6.45) is -10.7. The van der Waals surface area contributed by atoms with E-state index in [1.165, 1.54) is 44.4 Å². The van der Waals surface area contributed by atoms with Crippen molar-refractivity contribution >= 4 is 39.3 Å². The van der Waals surface area contributed by atoms with Gasteiger partial charge in [-0.2, -0.15) is 30.6 Å². The Morgan fingerprint density at radius 3 is 2.02 bits per heavy atom. The number of carboxylic acid groups (broad SMARTS) is 1. The molecule has 12 nitrogen and oxygen atoms in total. The van der Waals surface area contributed by atoms with Gasteiger partial charge in [-0.25, -0.2) is 13.2 Å². The van der Waals surface area contributed by atoms with E-state index < -0.39 is 63.1 Å². The van der Waals surface area contributed by atoms with Crippen molar-refractivity contribution in [3.63, 3.8) is 0 Å². The maximum absolute atomic E-state index is 13.8. The van der Waals surface area contributed by atoms with Crippen LogP contribution in [0, 0.1) is 5.41 Å². The third-order valence-corrected chi connectivity index (χ3v) is 7.44. The molecule has 0 radical (unpaired) electrons. The van der Waals surface area contributed by atoms with Gasteiger partial charge in [-0.05, 0) is 48.9 Å². The van der Waals surface area contributed by atoms with Gasteiger partial charge in [-0.15, -0.1) is 0 Å². The summed E-state index contributed by atoms with van der Waals surface area (Å²) in [7, 11) is -1.99. The molecule has 0 bridgehead atoms. The second-order valence-corrected chi connectivity index (χ2v) is 10.9. The van der Waals surface area contributed by atoms with Crippen molar-refractivity contribution in [2.45, 2.75) is 44.1 Å². The SMILES string of the molecule is C.COCCN(C)S(=O)(=O)c1ccc([C@H](C)NC(=O)CC(=O)Nc2ccc(C(=N)N)cc2)cc1C(F)(F)F.O=C(O)C(F)(F)F. The number of alkyl halides is 6. The molecule has 0 saturated heterocycles. The quantitative estimate of drug-likeness (QED) is 0.103. The number of hydrogen-bond donors (Lipinski definition) is 5. The summed E-state index contributed by atoms with van der Waals surface area (Å²) >= 11 is 0. The smallest absolute Gasteiger partial charge is 0.475 e. The van der Waals surface area contributed by atoms with Gasteiger partial charge < -0.3 is 26.2 Å². The first-order valence-corrected chi connectivity index (χ1v) is 13.6. The lowest BCUT2D eigenvalue weighted by Crippen LogP contribution is -2.32. The van der Waals surface area contributed by atoms with Crippen molar-refractivity contribution < 1.29 is 59.0 Å². The van der Waals surface area contributed by atoms with Gasteiger partial charge in [0.05, 0.1) is 23.1 Å². The van der Waals surface area contributed by atoms with Crippen molar-refractivity contribution in [3.05, 3.63) is 59.2 Å². The number of methoxy groups -OCH3 is 1. The number of carbonyl (C=O) groups is 3. The normalized spacial score (nSPS) is 12.2. The number of nitrogens with zero attached hydrogens (tertiary/aromatic N) is 1. The fourth-order valence-electron chi connectivity index (χ4n) is 3.23. The van der Waals surface area contributed by atoms with Gasteiger partial charge >= 0.3 is 18.3 Å². The Kier molecular flexibility index (Phi) is 15.2. The van der Waals surface area contributed by atoms with Crippen LogP contribution in [0.15, 0.2) is 47.4 Å². The van der Waals surface area contributed by atoms with Crippen LogP contribution in [0.3, 0.4) is 0 Å². The largest absolute Gasteiger partial charge is 0.490 e. The number of anilines is 1. The van der Waals surface area contributed by atoms with Crippen LogP contribution < -0.4 is 16.4 Å². The van der Waals surface area contributed by atoms with Crippen LogP contribution in [0.1, 0.15) is 43.5 Å². The Morgan fingerprint density at radius 1 is 1.04 bits per heavy atom. The van der Waals surface area contributed by atoms with Crippen molar-refractivity contribution in [2.75, 3.05) is 32.6 Å². The first kappa shape index (κ1) is 40.8. The molecule has 252 valence electrons. The minimum atomic E-state index is -5.08. The Balaban J connectivity index is 0.00000216. The Morgan fingerprint density at radius 2 is 1.58 bits per heavy atom. The number of sulfonamides is 1. The first-order chi connectivity index (χ1) is 20.1. The summed E-state index contributed by atoms with van der Waals surface area (Å²) in [6.45, 7) is 1.26.